The minimum Gasteiger partial charge on any atom is -0.481 e. The van der Waals surface area contributed by atoms with Gasteiger partial charge in [-0.05, 0) is 31.5 Å². The zero-order valence-corrected chi connectivity index (χ0v) is 15.1. The van der Waals surface area contributed by atoms with E-state index in [-0.39, 0.29) is 24.3 Å². The molecule has 2 heterocycles. The van der Waals surface area contributed by atoms with Crippen molar-refractivity contribution in [3.63, 3.8) is 0 Å². The number of hydrogen-bond donors (Lipinski definition) is 1. The molecule has 140 valence electrons. The first kappa shape index (κ1) is 18.4. The summed E-state index contributed by atoms with van der Waals surface area (Å²) in [5, 5.41) is 9.73. The number of carbonyl (C=O) groups is 3. The van der Waals surface area contributed by atoms with Gasteiger partial charge >= 0.3 is 5.97 Å². The summed E-state index contributed by atoms with van der Waals surface area (Å²) in [6.45, 7) is 3.76. The Hall–Kier alpha value is -2.41. The number of likely N-dealkylation sites (tertiary alicyclic amines) is 1. The van der Waals surface area contributed by atoms with Gasteiger partial charge in [-0.1, -0.05) is 6.07 Å². The lowest BCUT2D eigenvalue weighted by molar-refractivity contribution is -0.157. The summed E-state index contributed by atoms with van der Waals surface area (Å²) < 4.78 is 5.43. The maximum atomic E-state index is 12.9. The van der Waals surface area contributed by atoms with Gasteiger partial charge in [0.05, 0.1) is 12.0 Å². The maximum absolute atomic E-state index is 12.9. The number of ether oxygens (including phenoxy) is 1. The van der Waals surface area contributed by atoms with Gasteiger partial charge in [-0.3, -0.25) is 14.4 Å². The fourth-order valence-corrected chi connectivity index (χ4v) is 3.79. The van der Waals surface area contributed by atoms with Crippen LogP contribution >= 0.6 is 0 Å². The summed E-state index contributed by atoms with van der Waals surface area (Å²) in [5.74, 6) is -1.45. The van der Waals surface area contributed by atoms with Crippen LogP contribution in [-0.4, -0.2) is 72.6 Å². The number of rotatable bonds is 4. The number of amides is 2. The molecule has 1 aromatic rings. The molecule has 0 radical (unpaired) electrons. The minimum absolute atomic E-state index is 0.146. The number of nitrogens with zero attached hydrogens (tertiary/aromatic N) is 2. The first-order chi connectivity index (χ1) is 12.4. The zero-order chi connectivity index (χ0) is 18.9. The Morgan fingerprint density at radius 2 is 2.08 bits per heavy atom. The van der Waals surface area contributed by atoms with Crippen molar-refractivity contribution in [2.45, 2.75) is 13.3 Å². The predicted molar refractivity (Wildman–Crippen MR) is 94.0 cm³/mol. The van der Waals surface area contributed by atoms with Crippen LogP contribution in [0.25, 0.3) is 0 Å². The number of hydrogen-bond acceptors (Lipinski definition) is 4. The van der Waals surface area contributed by atoms with Crippen molar-refractivity contribution in [2.24, 2.45) is 11.3 Å². The van der Waals surface area contributed by atoms with Gasteiger partial charge < -0.3 is 19.6 Å². The Balaban J connectivity index is 1.82. The van der Waals surface area contributed by atoms with Crippen LogP contribution < -0.4 is 0 Å². The largest absolute Gasteiger partial charge is 0.481 e. The molecule has 0 aliphatic carbocycles. The van der Waals surface area contributed by atoms with E-state index in [1.165, 1.54) is 0 Å². The first-order valence-corrected chi connectivity index (χ1v) is 8.85. The summed E-state index contributed by atoms with van der Waals surface area (Å²) in [6, 6.07) is 6.62. The van der Waals surface area contributed by atoms with Gasteiger partial charge in [-0.2, -0.15) is 0 Å². The standard InChI is InChI=1S/C19H24N2O5/c1-3-20(2)16(22)13-5-4-6-14(9-13)17(23)21-10-15-11-26-8-7-19(15,12-21)18(24)25/h4-6,9,15H,3,7-8,10-12H2,1-2H3,(H,24,25)/t15-,19+/m0/s1. The van der Waals surface area contributed by atoms with Crippen LogP contribution in [0.3, 0.4) is 0 Å². The Morgan fingerprint density at radius 3 is 2.73 bits per heavy atom. The van der Waals surface area contributed by atoms with E-state index in [4.69, 9.17) is 4.74 Å². The van der Waals surface area contributed by atoms with E-state index in [0.29, 0.717) is 43.9 Å². The third-order valence-electron chi connectivity index (χ3n) is 5.60. The molecule has 7 heteroatoms. The van der Waals surface area contributed by atoms with Crippen LogP contribution in [0.15, 0.2) is 24.3 Å². The third-order valence-corrected chi connectivity index (χ3v) is 5.60. The average Bonchev–Trinajstić information content (AvgIpc) is 3.07. The van der Waals surface area contributed by atoms with E-state index in [9.17, 15) is 19.5 Å². The topological polar surface area (TPSA) is 87.2 Å². The quantitative estimate of drug-likeness (QED) is 0.876. The summed E-state index contributed by atoms with van der Waals surface area (Å²) in [5.41, 5.74) is -0.0717. The molecule has 0 unspecified atom stereocenters. The third kappa shape index (κ3) is 3.07. The van der Waals surface area contributed by atoms with Gasteiger partial charge in [-0.25, -0.2) is 0 Å². The van der Waals surface area contributed by atoms with Crippen molar-refractivity contribution in [1.82, 2.24) is 9.80 Å². The second kappa shape index (κ2) is 7.07. The fraction of sp³-hybridized carbons (Fsp3) is 0.526. The van der Waals surface area contributed by atoms with Gasteiger partial charge in [-0.15, -0.1) is 0 Å². The highest BCUT2D eigenvalue weighted by Gasteiger charge is 2.54. The molecule has 0 aromatic heterocycles. The van der Waals surface area contributed by atoms with Gasteiger partial charge in [0, 0.05) is 50.3 Å². The number of benzene rings is 1. The lowest BCUT2D eigenvalue weighted by Crippen LogP contribution is -2.45. The SMILES string of the molecule is CCN(C)C(=O)c1cccc(C(=O)N2C[C@H]3COCC[C@@]3(C(=O)O)C2)c1. The second-order valence-corrected chi connectivity index (χ2v) is 7.07. The molecule has 0 bridgehead atoms. The van der Waals surface area contributed by atoms with Gasteiger partial charge in [0.15, 0.2) is 0 Å². The van der Waals surface area contributed by atoms with Crippen molar-refractivity contribution >= 4 is 17.8 Å². The molecule has 2 saturated heterocycles. The molecule has 2 aliphatic heterocycles. The molecule has 3 rings (SSSR count). The second-order valence-electron chi connectivity index (χ2n) is 7.07. The molecule has 1 aromatic carbocycles. The number of carboxylic acid groups (broad SMARTS) is 1. The molecule has 2 atom stereocenters. The maximum Gasteiger partial charge on any atom is 0.311 e. The Bertz CT molecular complexity index is 734. The van der Waals surface area contributed by atoms with E-state index in [0.717, 1.165) is 0 Å². The van der Waals surface area contributed by atoms with Gasteiger partial charge in [0.25, 0.3) is 11.8 Å². The number of fused-ring (bicyclic) bond motifs is 1. The summed E-state index contributed by atoms with van der Waals surface area (Å²) in [7, 11) is 1.71. The molecule has 1 N–H and O–H groups in total. The molecular formula is C19H24N2O5. The number of aliphatic carboxylic acids is 1. The smallest absolute Gasteiger partial charge is 0.311 e. The predicted octanol–water partition coefficient (Wildman–Crippen LogP) is 1.34. The molecular weight excluding hydrogens is 336 g/mol. The van der Waals surface area contributed by atoms with E-state index in [1.807, 2.05) is 6.92 Å². The van der Waals surface area contributed by atoms with Crippen LogP contribution in [0.5, 0.6) is 0 Å². The number of carboxylic acids is 1. The monoisotopic (exact) mass is 360 g/mol. The Labute approximate surface area is 152 Å². The highest BCUT2D eigenvalue weighted by molar-refractivity contribution is 6.00. The van der Waals surface area contributed by atoms with E-state index < -0.39 is 11.4 Å². The molecule has 2 fully saturated rings. The molecule has 26 heavy (non-hydrogen) atoms. The van der Waals surface area contributed by atoms with Crippen molar-refractivity contribution in [2.75, 3.05) is 39.9 Å². The van der Waals surface area contributed by atoms with Crippen LogP contribution in [0.2, 0.25) is 0 Å². The highest BCUT2D eigenvalue weighted by Crippen LogP contribution is 2.42. The minimum atomic E-state index is -0.927. The van der Waals surface area contributed by atoms with E-state index >= 15 is 0 Å². The first-order valence-electron chi connectivity index (χ1n) is 8.85. The van der Waals surface area contributed by atoms with Crippen molar-refractivity contribution in [3.05, 3.63) is 35.4 Å². The summed E-state index contributed by atoms with van der Waals surface area (Å²) >= 11 is 0. The number of carbonyl (C=O) groups excluding carboxylic acids is 2. The van der Waals surface area contributed by atoms with Crippen LogP contribution in [0, 0.1) is 11.3 Å². The molecule has 0 saturated carbocycles. The molecule has 2 aliphatic rings. The molecule has 0 spiro atoms. The van der Waals surface area contributed by atoms with Crippen molar-refractivity contribution in [1.29, 1.82) is 0 Å². The fourth-order valence-electron chi connectivity index (χ4n) is 3.79. The Morgan fingerprint density at radius 1 is 1.35 bits per heavy atom. The van der Waals surface area contributed by atoms with E-state index in [2.05, 4.69) is 0 Å². The van der Waals surface area contributed by atoms with Gasteiger partial charge in [0.2, 0.25) is 0 Å². The average molecular weight is 360 g/mol. The van der Waals surface area contributed by atoms with Crippen molar-refractivity contribution < 1.29 is 24.2 Å². The van der Waals surface area contributed by atoms with Crippen LogP contribution in [-0.2, 0) is 9.53 Å². The lowest BCUT2D eigenvalue weighted by atomic mass is 9.74. The van der Waals surface area contributed by atoms with E-state index in [1.54, 1.807) is 41.1 Å². The highest BCUT2D eigenvalue weighted by atomic mass is 16.5. The van der Waals surface area contributed by atoms with Crippen molar-refractivity contribution in [3.8, 4) is 0 Å². The summed E-state index contributed by atoms with van der Waals surface area (Å²) in [6.07, 6.45) is 0.413. The Kier molecular flexibility index (Phi) is 5.00. The summed E-state index contributed by atoms with van der Waals surface area (Å²) in [4.78, 5) is 40.3. The van der Waals surface area contributed by atoms with Crippen LogP contribution in [0.4, 0.5) is 0 Å². The molecule has 7 nitrogen and oxygen atoms in total. The lowest BCUT2D eigenvalue weighted by Gasteiger charge is -2.33. The van der Waals surface area contributed by atoms with Gasteiger partial charge in [0.1, 0.15) is 0 Å². The normalized spacial score (nSPS) is 24.8. The zero-order valence-electron chi connectivity index (χ0n) is 15.1. The van der Waals surface area contributed by atoms with Crippen LogP contribution in [0.1, 0.15) is 34.1 Å². The molecule has 2 amide bonds.